The van der Waals surface area contributed by atoms with Gasteiger partial charge in [-0.2, -0.15) is 0 Å². The first-order valence-electron chi connectivity index (χ1n) is 10.7. The van der Waals surface area contributed by atoms with Crippen LogP contribution in [0.2, 0.25) is 5.02 Å². The molecule has 0 atom stereocenters. The third-order valence-electron chi connectivity index (χ3n) is 5.36. The third kappa shape index (κ3) is 6.18. The highest BCUT2D eigenvalue weighted by molar-refractivity contribution is 6.30. The van der Waals surface area contributed by atoms with E-state index in [0.29, 0.717) is 30.3 Å². The second-order valence-corrected chi connectivity index (χ2v) is 8.19. The lowest BCUT2D eigenvalue weighted by molar-refractivity contribution is 0.205. The minimum atomic E-state index is -0.171. The van der Waals surface area contributed by atoms with Gasteiger partial charge in [-0.3, -0.25) is 0 Å². The molecule has 1 heterocycles. The third-order valence-corrected chi connectivity index (χ3v) is 5.61. The number of nitrogens with one attached hydrogen (secondary N) is 1. The van der Waals surface area contributed by atoms with E-state index in [9.17, 15) is 4.79 Å². The minimum absolute atomic E-state index is 0.171. The fraction of sp³-hybridized carbons (Fsp3) is 0.148. The topological polar surface area (TPSA) is 46.5 Å². The molecule has 3 aromatic carbocycles. The molecule has 0 aliphatic rings. The number of benzene rings is 3. The summed E-state index contributed by atoms with van der Waals surface area (Å²) >= 11 is 5.98. The van der Waals surface area contributed by atoms with E-state index >= 15 is 0 Å². The van der Waals surface area contributed by atoms with Gasteiger partial charge in [0.2, 0.25) is 0 Å². The van der Waals surface area contributed by atoms with Crippen molar-refractivity contribution in [2.45, 2.75) is 19.6 Å². The van der Waals surface area contributed by atoms with Crippen LogP contribution in [0.25, 0.3) is 0 Å². The van der Waals surface area contributed by atoms with Crippen LogP contribution in [0.4, 0.5) is 10.5 Å². The van der Waals surface area contributed by atoms with Crippen LogP contribution in [-0.4, -0.2) is 22.6 Å². The molecule has 4 rings (SSSR count). The molecule has 2 amide bonds. The number of amides is 2. The molecule has 1 aromatic heterocycles. The summed E-state index contributed by atoms with van der Waals surface area (Å²) < 4.78 is 7.51. The first-order chi connectivity index (χ1) is 16.1. The van der Waals surface area contributed by atoms with Crippen LogP contribution in [0.1, 0.15) is 16.8 Å². The number of ether oxygens (including phenoxy) is 1. The van der Waals surface area contributed by atoms with Gasteiger partial charge in [0, 0.05) is 35.7 Å². The lowest BCUT2D eigenvalue weighted by Crippen LogP contribution is -2.34. The van der Waals surface area contributed by atoms with E-state index in [2.05, 4.69) is 16.0 Å². The Kier molecular flexibility index (Phi) is 7.33. The van der Waals surface area contributed by atoms with E-state index < -0.39 is 0 Å². The Morgan fingerprint density at radius 3 is 2.42 bits per heavy atom. The van der Waals surface area contributed by atoms with Crippen molar-refractivity contribution in [3.63, 3.8) is 0 Å². The molecular weight excluding hydrogens is 434 g/mol. The smallest absolute Gasteiger partial charge is 0.322 e. The number of aromatic nitrogens is 1. The van der Waals surface area contributed by atoms with Crippen molar-refractivity contribution in [3.8, 4) is 5.75 Å². The molecule has 0 fully saturated rings. The maximum atomic E-state index is 13.2. The normalized spacial score (nSPS) is 10.6. The van der Waals surface area contributed by atoms with E-state index in [1.54, 1.807) is 36.3 Å². The number of hydrogen-bond donors (Lipinski definition) is 1. The van der Waals surface area contributed by atoms with Crippen molar-refractivity contribution in [3.05, 3.63) is 119 Å². The summed E-state index contributed by atoms with van der Waals surface area (Å²) in [5, 5.41) is 3.62. The van der Waals surface area contributed by atoms with Gasteiger partial charge < -0.3 is 19.5 Å². The molecule has 0 bridgehead atoms. The number of rotatable bonds is 8. The molecule has 4 aromatic rings. The lowest BCUT2D eigenvalue weighted by Gasteiger charge is -2.24. The van der Waals surface area contributed by atoms with Crippen LogP contribution in [0.15, 0.2) is 97.2 Å². The quantitative estimate of drug-likeness (QED) is 0.330. The number of methoxy groups -OCH3 is 1. The zero-order chi connectivity index (χ0) is 23.0. The largest absolute Gasteiger partial charge is 0.497 e. The molecule has 5 nitrogen and oxygen atoms in total. The van der Waals surface area contributed by atoms with Gasteiger partial charge in [-0.25, -0.2) is 4.79 Å². The number of urea groups is 1. The van der Waals surface area contributed by atoms with Crippen LogP contribution in [-0.2, 0) is 19.6 Å². The van der Waals surface area contributed by atoms with Crippen molar-refractivity contribution in [1.82, 2.24) is 9.47 Å². The van der Waals surface area contributed by atoms with Crippen LogP contribution in [0, 0.1) is 0 Å². The Balaban J connectivity index is 1.54. The highest BCUT2D eigenvalue weighted by Gasteiger charge is 2.17. The number of anilines is 1. The Bertz CT molecular complexity index is 1190. The molecule has 0 radical (unpaired) electrons. The molecule has 33 heavy (non-hydrogen) atoms. The van der Waals surface area contributed by atoms with Crippen LogP contribution in [0.3, 0.4) is 0 Å². The zero-order valence-corrected chi connectivity index (χ0v) is 19.2. The van der Waals surface area contributed by atoms with E-state index in [0.717, 1.165) is 22.6 Å². The van der Waals surface area contributed by atoms with Crippen molar-refractivity contribution in [2.24, 2.45) is 0 Å². The first kappa shape index (κ1) is 22.5. The molecule has 0 spiro atoms. The Morgan fingerprint density at radius 2 is 1.67 bits per heavy atom. The summed E-state index contributed by atoms with van der Waals surface area (Å²) in [5.74, 6) is 0.828. The fourth-order valence-corrected chi connectivity index (χ4v) is 3.78. The van der Waals surface area contributed by atoms with Gasteiger partial charge in [0.25, 0.3) is 0 Å². The average molecular weight is 460 g/mol. The molecule has 168 valence electrons. The second kappa shape index (κ2) is 10.7. The Labute approximate surface area is 199 Å². The SMILES string of the molecule is COc1cccc(Cn2cccc2CN(Cc2ccccc2)C(=O)Nc2ccc(Cl)cc2)c1. The van der Waals surface area contributed by atoms with Gasteiger partial charge in [0.05, 0.1) is 13.7 Å². The summed E-state index contributed by atoms with van der Waals surface area (Å²) in [7, 11) is 1.67. The fourth-order valence-electron chi connectivity index (χ4n) is 3.65. The summed E-state index contributed by atoms with van der Waals surface area (Å²) in [4.78, 5) is 15.0. The van der Waals surface area contributed by atoms with Crippen molar-refractivity contribution in [1.29, 1.82) is 0 Å². The van der Waals surface area contributed by atoms with E-state index in [4.69, 9.17) is 16.3 Å². The van der Waals surface area contributed by atoms with Gasteiger partial charge in [-0.05, 0) is 59.7 Å². The highest BCUT2D eigenvalue weighted by atomic mass is 35.5. The van der Waals surface area contributed by atoms with Crippen LogP contribution < -0.4 is 10.1 Å². The summed E-state index contributed by atoms with van der Waals surface area (Å²) in [5.41, 5.74) is 3.94. The van der Waals surface area contributed by atoms with Crippen LogP contribution in [0.5, 0.6) is 5.75 Å². The second-order valence-electron chi connectivity index (χ2n) is 7.76. The predicted molar refractivity (Wildman–Crippen MR) is 133 cm³/mol. The van der Waals surface area contributed by atoms with E-state index in [1.807, 2.05) is 66.9 Å². The van der Waals surface area contributed by atoms with Crippen molar-refractivity contribution < 1.29 is 9.53 Å². The maximum absolute atomic E-state index is 13.2. The van der Waals surface area contributed by atoms with Gasteiger partial charge in [-0.15, -0.1) is 0 Å². The molecule has 0 unspecified atom stereocenters. The monoisotopic (exact) mass is 459 g/mol. The summed E-state index contributed by atoms with van der Waals surface area (Å²) in [6.45, 7) is 1.65. The Morgan fingerprint density at radius 1 is 0.909 bits per heavy atom. The average Bonchev–Trinajstić information content (AvgIpc) is 3.27. The van der Waals surface area contributed by atoms with Crippen LogP contribution >= 0.6 is 11.6 Å². The zero-order valence-electron chi connectivity index (χ0n) is 18.4. The first-order valence-corrected chi connectivity index (χ1v) is 11.1. The number of carbonyl (C=O) groups excluding carboxylic acids is 1. The summed E-state index contributed by atoms with van der Waals surface area (Å²) in [6.07, 6.45) is 2.03. The van der Waals surface area contributed by atoms with E-state index in [-0.39, 0.29) is 6.03 Å². The lowest BCUT2D eigenvalue weighted by atomic mass is 10.2. The van der Waals surface area contributed by atoms with Crippen molar-refractivity contribution >= 4 is 23.3 Å². The minimum Gasteiger partial charge on any atom is -0.497 e. The molecule has 0 aliphatic heterocycles. The van der Waals surface area contributed by atoms with Gasteiger partial charge in [-0.1, -0.05) is 54.1 Å². The highest BCUT2D eigenvalue weighted by Crippen LogP contribution is 2.19. The van der Waals surface area contributed by atoms with Gasteiger partial charge in [0.15, 0.2) is 0 Å². The molecule has 1 N–H and O–H groups in total. The molecule has 6 heteroatoms. The van der Waals surface area contributed by atoms with Gasteiger partial charge >= 0.3 is 6.03 Å². The predicted octanol–water partition coefficient (Wildman–Crippen LogP) is 6.43. The van der Waals surface area contributed by atoms with Crippen molar-refractivity contribution in [2.75, 3.05) is 12.4 Å². The standard InChI is InChI=1S/C27H26ClN3O2/c1-33-26-11-5-9-22(17-26)19-30-16-6-10-25(30)20-31(18-21-7-3-2-4-8-21)27(32)29-24-14-12-23(28)13-15-24/h2-17H,18-20H2,1H3,(H,29,32). The maximum Gasteiger partial charge on any atom is 0.322 e. The molecule has 0 saturated heterocycles. The number of halogens is 1. The Hall–Kier alpha value is -3.70. The molecular formula is C27H26ClN3O2. The molecule has 0 aliphatic carbocycles. The summed E-state index contributed by atoms with van der Waals surface area (Å²) in [6, 6.07) is 29.0. The van der Waals surface area contributed by atoms with Gasteiger partial charge in [0.1, 0.15) is 5.75 Å². The number of carbonyl (C=O) groups is 1. The number of nitrogens with zero attached hydrogens (tertiary/aromatic N) is 2. The van der Waals surface area contributed by atoms with E-state index in [1.165, 1.54) is 0 Å². The number of hydrogen-bond acceptors (Lipinski definition) is 2. The molecule has 0 saturated carbocycles.